The van der Waals surface area contributed by atoms with Gasteiger partial charge in [0.15, 0.2) is 0 Å². The Bertz CT molecular complexity index is 1380. The smallest absolute Gasteiger partial charge is 0.119 e. The van der Waals surface area contributed by atoms with Gasteiger partial charge in [0.25, 0.3) is 0 Å². The number of rotatable bonds is 11. The molecule has 5 nitrogen and oxygen atoms in total. The van der Waals surface area contributed by atoms with Gasteiger partial charge in [0.1, 0.15) is 24.7 Å². The number of nitrogens with one attached hydrogen (secondary N) is 1. The van der Waals surface area contributed by atoms with Crippen LogP contribution in [0.5, 0.6) is 11.5 Å². The van der Waals surface area contributed by atoms with Gasteiger partial charge in [0.05, 0.1) is 0 Å². The molecule has 0 spiro atoms. The van der Waals surface area contributed by atoms with Crippen molar-refractivity contribution >= 4 is 27.1 Å². The maximum Gasteiger partial charge on any atom is 0.119 e. The van der Waals surface area contributed by atoms with Crippen molar-refractivity contribution in [2.75, 3.05) is 52.5 Å². The second-order valence-electron chi connectivity index (χ2n) is 10.7. The van der Waals surface area contributed by atoms with Crippen molar-refractivity contribution in [2.45, 2.75) is 32.1 Å². The largest absolute Gasteiger partial charge is 0.696 e. The second kappa shape index (κ2) is 14.5. The Balaban J connectivity index is 0.00000323. The number of thiophene rings is 1. The molecule has 2 saturated heterocycles. The predicted octanol–water partition coefficient (Wildman–Crippen LogP) is 7.79. The quantitative estimate of drug-likeness (QED) is 0.157. The van der Waals surface area contributed by atoms with E-state index in [4.69, 9.17) is 15.2 Å². The molecule has 1 N–H and O–H groups in total. The van der Waals surface area contributed by atoms with E-state index in [0.717, 1.165) is 37.4 Å². The monoisotopic (exact) mass is 767 g/mol. The summed E-state index contributed by atoms with van der Waals surface area (Å²) in [5.41, 5.74) is 12.7. The van der Waals surface area contributed by atoms with E-state index in [1.165, 1.54) is 78.0 Å². The Morgan fingerprint density at radius 3 is 2.08 bits per heavy atom. The number of fused-ring (bicyclic) bond motifs is 1. The number of benzene rings is 3. The van der Waals surface area contributed by atoms with Crippen LogP contribution in [0.1, 0.15) is 36.8 Å². The van der Waals surface area contributed by atoms with E-state index in [2.05, 4.69) is 64.4 Å². The molecule has 0 atom stereocenters. The van der Waals surface area contributed by atoms with Crippen LogP contribution in [0.4, 0.5) is 5.69 Å². The van der Waals surface area contributed by atoms with Gasteiger partial charge in [0, 0.05) is 66.7 Å². The van der Waals surface area contributed by atoms with Gasteiger partial charge in [0.2, 0.25) is 0 Å². The zero-order chi connectivity index (χ0) is 26.4. The van der Waals surface area contributed by atoms with Crippen molar-refractivity contribution in [1.29, 1.82) is 0 Å². The summed E-state index contributed by atoms with van der Waals surface area (Å²) in [6.45, 7) is 8.06. The molecule has 1 radical (unpaired) electrons. The average Bonchev–Trinajstić information content (AvgIpc) is 3.73. The van der Waals surface area contributed by atoms with E-state index in [1.54, 1.807) is 0 Å². The number of hydrogen-bond donors (Lipinski definition) is 0. The fraction of sp³-hybridized carbons (Fsp3) is 0.394. The van der Waals surface area contributed by atoms with Crippen molar-refractivity contribution in [3.05, 3.63) is 83.6 Å². The number of nitrogens with zero attached hydrogens (tertiary/aromatic N) is 2. The molecule has 40 heavy (non-hydrogen) atoms. The fourth-order valence-corrected chi connectivity index (χ4v) is 7.04. The zero-order valence-electron chi connectivity index (χ0n) is 23.2. The van der Waals surface area contributed by atoms with Gasteiger partial charge in [-0.2, -0.15) is 0 Å². The number of likely N-dealkylation sites (tertiary alicyclic amines) is 2. The molecule has 0 unspecified atom stereocenters. The summed E-state index contributed by atoms with van der Waals surface area (Å²) >= 11 is 1.84. The maximum absolute atomic E-state index is 8.59. The number of ether oxygens (including phenoxy) is 2. The van der Waals surface area contributed by atoms with Crippen LogP contribution in [0.25, 0.3) is 26.3 Å². The average molecular weight is 768 g/mol. The molecule has 2 fully saturated rings. The molecule has 0 bridgehead atoms. The molecule has 3 aromatic carbocycles. The molecular weight excluding hydrogens is 729 g/mol. The molecule has 0 amide bonds. The summed E-state index contributed by atoms with van der Waals surface area (Å²) in [5, 5.41) is 1.29. The minimum atomic E-state index is 0. The third-order valence-electron chi connectivity index (χ3n) is 7.98. The molecule has 6 rings (SSSR count). The Morgan fingerprint density at radius 2 is 1.40 bits per heavy atom. The third-order valence-corrected chi connectivity index (χ3v) is 9.24. The third kappa shape index (κ3) is 7.41. The van der Waals surface area contributed by atoms with Gasteiger partial charge < -0.3 is 15.2 Å². The molecule has 2 aliphatic rings. The van der Waals surface area contributed by atoms with Gasteiger partial charge in [-0.15, -0.1) is 11.3 Å². The van der Waals surface area contributed by atoms with Gasteiger partial charge in [-0.1, -0.05) is 36.0 Å². The first-order valence-corrected chi connectivity index (χ1v) is 15.2. The standard InChI is InChI=1S/C33H38N3O2S.Ac/c34-30-24-25(9-14-31(30)38-22-20-36-17-5-6-18-36)23-29-28-7-1-2-8-32(28)39-33(29)26-10-12-27(13-11-26)37-21-19-35-15-3-4-16-35;/h1-2,7-14,24,34H,3-6,15-23H2;/q-1;. The normalized spacial score (nSPS) is 15.9. The van der Waals surface area contributed by atoms with Crippen molar-refractivity contribution in [3.8, 4) is 21.9 Å². The maximum atomic E-state index is 8.59. The molecule has 2 aliphatic heterocycles. The summed E-state index contributed by atoms with van der Waals surface area (Å²) in [5.74, 6) is 1.61. The zero-order valence-corrected chi connectivity index (χ0v) is 28.8. The summed E-state index contributed by atoms with van der Waals surface area (Å²) in [6, 6.07) is 23.3. The Hall–Kier alpha value is -1.62. The molecule has 0 aliphatic carbocycles. The topological polar surface area (TPSA) is 48.7 Å². The van der Waals surface area contributed by atoms with Crippen LogP contribution < -0.4 is 9.47 Å². The van der Waals surface area contributed by atoms with E-state index >= 15 is 0 Å². The predicted molar refractivity (Wildman–Crippen MR) is 163 cm³/mol. The van der Waals surface area contributed by atoms with Gasteiger partial charge in [-0.25, -0.2) is 0 Å². The SMILES string of the molecule is [Ac].[NH-]c1cc(Cc2c(-c3ccc(OCCN4CCCC4)cc3)sc3ccccc23)ccc1OCCN1CCCC1. The van der Waals surface area contributed by atoms with Gasteiger partial charge in [-0.3, -0.25) is 9.80 Å². The Labute approximate surface area is 278 Å². The Kier molecular flexibility index (Phi) is 10.8. The van der Waals surface area contributed by atoms with Crippen LogP contribution in [-0.4, -0.2) is 62.3 Å². The van der Waals surface area contributed by atoms with Crippen LogP contribution in [0.15, 0.2) is 66.7 Å². The molecule has 207 valence electrons. The van der Waals surface area contributed by atoms with Gasteiger partial charge >= 0.3 is 0 Å². The molecule has 1 aromatic heterocycles. The first-order valence-electron chi connectivity index (χ1n) is 14.4. The van der Waals surface area contributed by atoms with E-state index < -0.39 is 0 Å². The summed E-state index contributed by atoms with van der Waals surface area (Å²) in [4.78, 5) is 6.21. The Morgan fingerprint density at radius 1 is 0.750 bits per heavy atom. The van der Waals surface area contributed by atoms with E-state index in [1.807, 2.05) is 23.5 Å². The van der Waals surface area contributed by atoms with E-state index in [-0.39, 0.29) is 44.1 Å². The molecule has 7 heteroatoms. The fourth-order valence-electron chi connectivity index (χ4n) is 5.82. The first-order chi connectivity index (χ1) is 19.2. The minimum absolute atomic E-state index is 0. The molecule has 4 aromatic rings. The summed E-state index contributed by atoms with van der Waals surface area (Å²) in [6.07, 6.45) is 5.98. The molecule has 3 heterocycles. The van der Waals surface area contributed by atoms with Crippen molar-refractivity contribution in [3.63, 3.8) is 0 Å². The molecular formula is C33H38AcN3O2S-. The minimum Gasteiger partial charge on any atom is -0.696 e. The van der Waals surface area contributed by atoms with E-state index in [9.17, 15) is 0 Å². The summed E-state index contributed by atoms with van der Waals surface area (Å²) in [7, 11) is 0. The van der Waals surface area contributed by atoms with Crippen molar-refractivity contribution in [2.24, 2.45) is 0 Å². The van der Waals surface area contributed by atoms with Crippen LogP contribution in [0.3, 0.4) is 0 Å². The van der Waals surface area contributed by atoms with Crippen LogP contribution in [0.2, 0.25) is 0 Å². The van der Waals surface area contributed by atoms with Crippen LogP contribution >= 0.6 is 11.3 Å². The van der Waals surface area contributed by atoms with Crippen molar-refractivity contribution in [1.82, 2.24) is 9.80 Å². The second-order valence-corrected chi connectivity index (χ2v) is 11.8. The number of hydrogen-bond acceptors (Lipinski definition) is 5. The van der Waals surface area contributed by atoms with Crippen LogP contribution in [-0.2, 0) is 6.42 Å². The van der Waals surface area contributed by atoms with E-state index in [0.29, 0.717) is 18.0 Å². The summed E-state index contributed by atoms with van der Waals surface area (Å²) < 4.78 is 13.3. The van der Waals surface area contributed by atoms with Gasteiger partial charge in [-0.05, 0) is 117 Å². The molecule has 0 saturated carbocycles. The van der Waals surface area contributed by atoms with Crippen molar-refractivity contribution < 1.29 is 53.5 Å². The first kappa shape index (κ1) is 29.9. The van der Waals surface area contributed by atoms with Crippen LogP contribution in [0, 0.1) is 44.1 Å².